The zero-order valence-corrected chi connectivity index (χ0v) is 16.0. The maximum atomic E-state index is 9.15. The molecule has 29 heavy (non-hydrogen) atoms. The summed E-state index contributed by atoms with van der Waals surface area (Å²) in [6.45, 7) is 2.44. The summed E-state index contributed by atoms with van der Waals surface area (Å²) in [6.07, 6.45) is -1.17. The molecular formula is C19H21N5O5. The molecule has 0 amide bonds. The molecule has 1 unspecified atom stereocenters. The van der Waals surface area contributed by atoms with Gasteiger partial charge in [-0.05, 0) is 12.0 Å². The molecule has 10 heteroatoms. The fraction of sp³-hybridized carbons (Fsp3) is 0.368. The molecule has 1 atom stereocenters. The van der Waals surface area contributed by atoms with Gasteiger partial charge in [-0.1, -0.05) is 30.3 Å². The van der Waals surface area contributed by atoms with Gasteiger partial charge >= 0.3 is 0 Å². The number of nitrogens with zero attached hydrogens (tertiary/aromatic N) is 5. The molecule has 3 heterocycles. The van der Waals surface area contributed by atoms with Gasteiger partial charge in [0, 0.05) is 30.4 Å². The van der Waals surface area contributed by atoms with E-state index in [4.69, 9.17) is 24.2 Å². The minimum absolute atomic E-state index is 0.0706. The number of aliphatic hydroxyl groups excluding tert-OH is 1. The lowest BCUT2D eigenvalue weighted by Gasteiger charge is -2.15. The van der Waals surface area contributed by atoms with Crippen molar-refractivity contribution in [1.82, 2.24) is 25.0 Å². The Hall–Kier alpha value is -3.08. The first kappa shape index (κ1) is 19.2. The van der Waals surface area contributed by atoms with Crippen molar-refractivity contribution in [2.45, 2.75) is 26.2 Å². The van der Waals surface area contributed by atoms with Crippen molar-refractivity contribution in [3.05, 3.63) is 36.1 Å². The molecule has 2 N–H and O–H groups in total. The number of aromatic nitrogens is 5. The van der Waals surface area contributed by atoms with E-state index >= 15 is 0 Å². The van der Waals surface area contributed by atoms with E-state index in [-0.39, 0.29) is 18.9 Å². The van der Waals surface area contributed by atoms with Gasteiger partial charge in [-0.2, -0.15) is 4.52 Å². The van der Waals surface area contributed by atoms with Gasteiger partial charge in [-0.3, -0.25) is 0 Å². The molecule has 0 bridgehead atoms. The Morgan fingerprint density at radius 3 is 2.72 bits per heavy atom. The van der Waals surface area contributed by atoms with Gasteiger partial charge in [0.25, 0.3) is 0 Å². The molecule has 0 saturated carbocycles. The SMILES string of the molecule is COCc1cc(-c2nnc3c4ccccc4c(OCC(C)CC(O)O)nn23)no1. The molecule has 0 fully saturated rings. The molecule has 0 radical (unpaired) electrons. The first-order chi connectivity index (χ1) is 14.1. The second-order valence-corrected chi connectivity index (χ2v) is 6.85. The molecule has 1 aromatic carbocycles. The quantitative estimate of drug-likeness (QED) is 0.426. The Bertz CT molecular complexity index is 1120. The molecular weight excluding hydrogens is 378 g/mol. The fourth-order valence-corrected chi connectivity index (χ4v) is 3.10. The largest absolute Gasteiger partial charge is 0.476 e. The van der Waals surface area contributed by atoms with Gasteiger partial charge in [-0.25, -0.2) is 0 Å². The predicted molar refractivity (Wildman–Crippen MR) is 102 cm³/mol. The zero-order chi connectivity index (χ0) is 20.4. The van der Waals surface area contributed by atoms with Crippen LogP contribution in [0.15, 0.2) is 34.9 Å². The van der Waals surface area contributed by atoms with E-state index < -0.39 is 6.29 Å². The Balaban J connectivity index is 1.75. The average molecular weight is 399 g/mol. The monoisotopic (exact) mass is 399 g/mol. The van der Waals surface area contributed by atoms with Gasteiger partial charge in [0.05, 0.1) is 6.61 Å². The summed E-state index contributed by atoms with van der Waals surface area (Å²) in [7, 11) is 1.57. The second kappa shape index (κ2) is 8.11. The number of methoxy groups -OCH3 is 1. The number of fused-ring (bicyclic) bond motifs is 3. The van der Waals surface area contributed by atoms with Crippen LogP contribution >= 0.6 is 0 Å². The molecule has 152 valence electrons. The fourth-order valence-electron chi connectivity index (χ4n) is 3.10. The highest BCUT2D eigenvalue weighted by Crippen LogP contribution is 2.29. The summed E-state index contributed by atoms with van der Waals surface area (Å²) in [6, 6.07) is 9.32. The van der Waals surface area contributed by atoms with Crippen LogP contribution in [0.3, 0.4) is 0 Å². The molecule has 0 aliphatic heterocycles. The number of hydrogen-bond donors (Lipinski definition) is 2. The molecule has 4 aromatic rings. The van der Waals surface area contributed by atoms with E-state index in [1.807, 2.05) is 31.2 Å². The van der Waals surface area contributed by atoms with Crippen molar-refractivity contribution < 1.29 is 24.2 Å². The normalized spacial score (nSPS) is 12.9. The van der Waals surface area contributed by atoms with Crippen molar-refractivity contribution in [1.29, 1.82) is 0 Å². The van der Waals surface area contributed by atoms with Gasteiger partial charge in [0.2, 0.25) is 11.7 Å². The van der Waals surface area contributed by atoms with Crippen LogP contribution in [0.2, 0.25) is 0 Å². The molecule has 4 rings (SSSR count). The van der Waals surface area contributed by atoms with Crippen LogP contribution in [0.4, 0.5) is 0 Å². The highest BCUT2D eigenvalue weighted by atomic mass is 16.5. The highest BCUT2D eigenvalue weighted by Gasteiger charge is 2.19. The first-order valence-electron chi connectivity index (χ1n) is 9.14. The van der Waals surface area contributed by atoms with E-state index in [9.17, 15) is 0 Å². The number of aliphatic hydroxyl groups is 2. The van der Waals surface area contributed by atoms with Gasteiger partial charge < -0.3 is 24.2 Å². The number of rotatable bonds is 8. The number of ether oxygens (including phenoxy) is 2. The second-order valence-electron chi connectivity index (χ2n) is 6.85. The van der Waals surface area contributed by atoms with Crippen LogP contribution in [0.1, 0.15) is 19.1 Å². The Morgan fingerprint density at radius 2 is 1.97 bits per heavy atom. The van der Waals surface area contributed by atoms with Gasteiger partial charge in [0.15, 0.2) is 23.4 Å². The Labute approximate surface area is 165 Å². The van der Waals surface area contributed by atoms with Crippen LogP contribution in [-0.4, -0.2) is 55.2 Å². The van der Waals surface area contributed by atoms with E-state index in [1.54, 1.807) is 17.7 Å². The lowest BCUT2D eigenvalue weighted by Crippen LogP contribution is -2.17. The summed E-state index contributed by atoms with van der Waals surface area (Å²) in [5.41, 5.74) is 1.05. The van der Waals surface area contributed by atoms with Crippen molar-refractivity contribution in [3.63, 3.8) is 0 Å². The Kier molecular flexibility index (Phi) is 5.38. The smallest absolute Gasteiger partial charge is 0.239 e. The minimum atomic E-state index is -1.38. The molecule has 0 saturated heterocycles. The maximum Gasteiger partial charge on any atom is 0.239 e. The third-order valence-corrected chi connectivity index (χ3v) is 4.42. The molecule has 10 nitrogen and oxygen atoms in total. The summed E-state index contributed by atoms with van der Waals surface area (Å²) in [5, 5.41) is 37.0. The van der Waals surface area contributed by atoms with Crippen molar-refractivity contribution in [2.75, 3.05) is 13.7 Å². The molecule has 0 aliphatic carbocycles. The minimum Gasteiger partial charge on any atom is -0.476 e. The maximum absolute atomic E-state index is 9.15. The lowest BCUT2D eigenvalue weighted by molar-refractivity contribution is -0.0576. The summed E-state index contributed by atoms with van der Waals surface area (Å²) < 4.78 is 17.8. The van der Waals surface area contributed by atoms with Crippen molar-refractivity contribution in [3.8, 4) is 17.4 Å². The van der Waals surface area contributed by atoms with Crippen molar-refractivity contribution in [2.24, 2.45) is 5.92 Å². The molecule has 3 aromatic heterocycles. The third-order valence-electron chi connectivity index (χ3n) is 4.42. The highest BCUT2D eigenvalue weighted by molar-refractivity contribution is 5.96. The lowest BCUT2D eigenvalue weighted by atomic mass is 10.1. The van der Waals surface area contributed by atoms with Crippen LogP contribution in [-0.2, 0) is 11.3 Å². The summed E-state index contributed by atoms with van der Waals surface area (Å²) >= 11 is 0. The standard InChI is InChI=1S/C19H21N5O5/c1-11(7-16(25)26)9-28-19-14-6-4-3-5-13(14)17-20-21-18(24(17)22-19)15-8-12(10-27-2)29-23-15/h3-6,8,11,16,25-26H,7,9-10H2,1-2H3. The van der Waals surface area contributed by atoms with E-state index in [0.29, 0.717) is 35.4 Å². The number of benzene rings is 1. The van der Waals surface area contributed by atoms with Crippen LogP contribution in [0.25, 0.3) is 27.9 Å². The van der Waals surface area contributed by atoms with Gasteiger partial charge in [0.1, 0.15) is 6.61 Å². The van der Waals surface area contributed by atoms with Gasteiger partial charge in [-0.15, -0.1) is 15.3 Å². The van der Waals surface area contributed by atoms with Crippen molar-refractivity contribution >= 4 is 16.4 Å². The van der Waals surface area contributed by atoms with E-state index in [0.717, 1.165) is 10.8 Å². The predicted octanol–water partition coefficient (Wildman–Crippen LogP) is 1.79. The topological polar surface area (TPSA) is 128 Å². The Morgan fingerprint density at radius 1 is 1.17 bits per heavy atom. The van der Waals surface area contributed by atoms with E-state index in [2.05, 4.69) is 20.5 Å². The zero-order valence-electron chi connectivity index (χ0n) is 16.0. The first-order valence-corrected chi connectivity index (χ1v) is 9.14. The summed E-state index contributed by atoms with van der Waals surface area (Å²) in [4.78, 5) is 0. The van der Waals surface area contributed by atoms with Crippen LogP contribution in [0, 0.1) is 5.92 Å². The van der Waals surface area contributed by atoms with Crippen LogP contribution in [0.5, 0.6) is 5.88 Å². The van der Waals surface area contributed by atoms with Crippen LogP contribution < -0.4 is 4.74 Å². The number of hydrogen-bond acceptors (Lipinski definition) is 9. The molecule has 0 aliphatic rings. The third kappa shape index (κ3) is 3.90. The van der Waals surface area contributed by atoms with E-state index in [1.165, 1.54) is 0 Å². The summed E-state index contributed by atoms with van der Waals surface area (Å²) in [5.74, 6) is 1.31. The average Bonchev–Trinajstić information content (AvgIpc) is 3.32. The molecule has 0 spiro atoms.